The lowest BCUT2D eigenvalue weighted by molar-refractivity contribution is -0.146. The van der Waals surface area contributed by atoms with Gasteiger partial charge in [-0.3, -0.25) is 4.79 Å². The third-order valence-corrected chi connectivity index (χ3v) is 1.56. The molecule has 0 aliphatic heterocycles. The van der Waals surface area contributed by atoms with Crippen LogP contribution in [0.4, 0.5) is 8.78 Å². The molecule has 66 valence electrons. The van der Waals surface area contributed by atoms with Gasteiger partial charge in [-0.05, 0) is 18.5 Å². The number of halogens is 4. The van der Waals surface area contributed by atoms with E-state index < -0.39 is 16.7 Å². The van der Waals surface area contributed by atoms with Crippen LogP contribution in [0.25, 0.3) is 0 Å². The highest BCUT2D eigenvalue weighted by Crippen LogP contribution is 2.28. The predicted molar refractivity (Wildman–Crippen MR) is 37.1 cm³/mol. The zero-order valence-corrected chi connectivity index (χ0v) is 7.12. The minimum atomic E-state index is -3.76. The first kappa shape index (κ1) is 10.9. The van der Waals surface area contributed by atoms with Gasteiger partial charge in [0.05, 0.1) is 6.61 Å². The Hall–Kier alpha value is -0.0900. The van der Waals surface area contributed by atoms with Crippen LogP contribution in [-0.4, -0.2) is 23.3 Å². The van der Waals surface area contributed by atoms with E-state index in [1.54, 1.807) is 0 Å². The SMILES string of the molecule is CCOC(=O)C(Cl)C(F)(F)Cl. The summed E-state index contributed by atoms with van der Waals surface area (Å²) < 4.78 is 28.2. The van der Waals surface area contributed by atoms with Crippen molar-refractivity contribution in [1.29, 1.82) is 0 Å². The van der Waals surface area contributed by atoms with Crippen LogP contribution in [0, 0.1) is 0 Å². The van der Waals surface area contributed by atoms with Crippen molar-refractivity contribution in [2.24, 2.45) is 0 Å². The molecule has 0 spiro atoms. The van der Waals surface area contributed by atoms with Gasteiger partial charge < -0.3 is 4.74 Å². The highest BCUT2D eigenvalue weighted by molar-refractivity contribution is 6.37. The molecule has 1 unspecified atom stereocenters. The molecule has 11 heavy (non-hydrogen) atoms. The number of carbonyl (C=O) groups is 1. The van der Waals surface area contributed by atoms with Crippen molar-refractivity contribution in [1.82, 2.24) is 0 Å². The standard InChI is InChI=1S/C5H6Cl2F2O2/c1-2-11-4(10)3(6)5(7,8)9/h3H,2H2,1H3. The normalized spacial score (nSPS) is 14.3. The molecular formula is C5H6Cl2F2O2. The maximum Gasteiger partial charge on any atom is 0.348 e. The van der Waals surface area contributed by atoms with Gasteiger partial charge in [-0.25, -0.2) is 0 Å². The lowest BCUT2D eigenvalue weighted by atomic mass is 10.4. The highest BCUT2D eigenvalue weighted by Gasteiger charge is 2.42. The third-order valence-electron chi connectivity index (χ3n) is 0.781. The Morgan fingerprint density at radius 2 is 2.18 bits per heavy atom. The number of esters is 1. The molecule has 0 N–H and O–H groups in total. The minimum absolute atomic E-state index is 0.00494. The summed E-state index contributed by atoms with van der Waals surface area (Å²) >= 11 is 9.38. The molecule has 2 nitrogen and oxygen atoms in total. The molecule has 0 fully saturated rings. The van der Waals surface area contributed by atoms with E-state index >= 15 is 0 Å². The quantitative estimate of drug-likeness (QED) is 0.522. The van der Waals surface area contributed by atoms with Gasteiger partial charge in [0, 0.05) is 0 Å². The van der Waals surface area contributed by atoms with Gasteiger partial charge in [0.15, 0.2) is 0 Å². The molecule has 0 rings (SSSR count). The smallest absolute Gasteiger partial charge is 0.348 e. The van der Waals surface area contributed by atoms with Crippen molar-refractivity contribution in [3.63, 3.8) is 0 Å². The van der Waals surface area contributed by atoms with Gasteiger partial charge in [-0.2, -0.15) is 8.78 Å². The fourth-order valence-electron chi connectivity index (χ4n) is 0.349. The maximum absolute atomic E-state index is 12.0. The fraction of sp³-hybridized carbons (Fsp3) is 0.800. The van der Waals surface area contributed by atoms with E-state index in [0.29, 0.717) is 0 Å². The first-order chi connectivity index (χ1) is 4.89. The Morgan fingerprint density at radius 1 is 1.73 bits per heavy atom. The molecule has 0 saturated heterocycles. The van der Waals surface area contributed by atoms with Crippen molar-refractivity contribution in [2.75, 3.05) is 6.61 Å². The van der Waals surface area contributed by atoms with E-state index in [1.165, 1.54) is 6.92 Å². The van der Waals surface area contributed by atoms with Gasteiger partial charge in [-0.1, -0.05) is 0 Å². The lowest BCUT2D eigenvalue weighted by Crippen LogP contribution is -2.32. The highest BCUT2D eigenvalue weighted by atomic mass is 35.5. The Bertz CT molecular complexity index is 146. The average molecular weight is 207 g/mol. The Balaban J connectivity index is 4.03. The number of ether oxygens (including phenoxy) is 1. The van der Waals surface area contributed by atoms with Crippen LogP contribution >= 0.6 is 23.2 Å². The number of hydrogen-bond acceptors (Lipinski definition) is 2. The average Bonchev–Trinajstić information content (AvgIpc) is 1.85. The fourth-order valence-corrected chi connectivity index (χ4v) is 0.501. The van der Waals surface area contributed by atoms with Gasteiger partial charge in [-0.15, -0.1) is 11.6 Å². The third kappa shape index (κ3) is 3.72. The van der Waals surface area contributed by atoms with Crippen LogP contribution < -0.4 is 0 Å². The van der Waals surface area contributed by atoms with E-state index in [-0.39, 0.29) is 6.61 Å². The Morgan fingerprint density at radius 3 is 2.45 bits per heavy atom. The predicted octanol–water partition coefficient (Wildman–Crippen LogP) is 1.99. The molecular weight excluding hydrogens is 201 g/mol. The minimum Gasteiger partial charge on any atom is -0.465 e. The summed E-state index contributed by atoms with van der Waals surface area (Å²) in [6, 6.07) is 0. The van der Waals surface area contributed by atoms with Gasteiger partial charge in [0.1, 0.15) is 0 Å². The maximum atomic E-state index is 12.0. The summed E-state index contributed by atoms with van der Waals surface area (Å²) in [5.41, 5.74) is 0. The number of alkyl halides is 4. The zero-order valence-electron chi connectivity index (χ0n) is 5.61. The number of rotatable bonds is 3. The van der Waals surface area contributed by atoms with Gasteiger partial charge in [0.25, 0.3) is 0 Å². The van der Waals surface area contributed by atoms with Crippen LogP contribution in [0.3, 0.4) is 0 Å². The van der Waals surface area contributed by atoms with Crippen molar-refractivity contribution in [3.05, 3.63) is 0 Å². The second-order valence-electron chi connectivity index (χ2n) is 1.66. The van der Waals surface area contributed by atoms with Gasteiger partial charge in [0.2, 0.25) is 5.38 Å². The summed E-state index contributed by atoms with van der Waals surface area (Å²) in [6.07, 6.45) is 0. The summed E-state index contributed by atoms with van der Waals surface area (Å²) in [4.78, 5) is 10.5. The summed E-state index contributed by atoms with van der Waals surface area (Å²) in [5, 5.41) is -5.88. The van der Waals surface area contributed by atoms with Crippen molar-refractivity contribution < 1.29 is 18.3 Å². The monoisotopic (exact) mass is 206 g/mol. The van der Waals surface area contributed by atoms with E-state index in [0.717, 1.165) is 0 Å². The first-order valence-corrected chi connectivity index (χ1v) is 3.58. The largest absolute Gasteiger partial charge is 0.465 e. The van der Waals surface area contributed by atoms with Crippen LogP contribution in [0.2, 0.25) is 0 Å². The van der Waals surface area contributed by atoms with E-state index in [1.807, 2.05) is 0 Å². The molecule has 0 aliphatic rings. The van der Waals surface area contributed by atoms with Crippen LogP contribution in [0.1, 0.15) is 6.92 Å². The molecule has 0 aromatic rings. The van der Waals surface area contributed by atoms with Crippen LogP contribution in [-0.2, 0) is 9.53 Å². The summed E-state index contributed by atoms with van der Waals surface area (Å²) in [6.45, 7) is 1.48. The van der Waals surface area contributed by atoms with E-state index in [9.17, 15) is 13.6 Å². The second-order valence-corrected chi connectivity index (χ2v) is 2.60. The molecule has 1 atom stereocenters. The molecule has 0 bridgehead atoms. The van der Waals surface area contributed by atoms with Crippen LogP contribution in [0.5, 0.6) is 0 Å². The number of hydrogen-bond donors (Lipinski definition) is 0. The first-order valence-electron chi connectivity index (χ1n) is 2.77. The molecule has 0 radical (unpaired) electrons. The summed E-state index contributed by atoms with van der Waals surface area (Å²) in [5.74, 6) is -1.21. The Labute approximate surface area is 72.4 Å². The molecule has 0 amide bonds. The topological polar surface area (TPSA) is 26.3 Å². The van der Waals surface area contributed by atoms with E-state index in [2.05, 4.69) is 16.3 Å². The zero-order chi connectivity index (χ0) is 9.07. The molecule has 6 heteroatoms. The molecule has 0 heterocycles. The van der Waals surface area contributed by atoms with Crippen molar-refractivity contribution >= 4 is 29.2 Å². The van der Waals surface area contributed by atoms with Gasteiger partial charge >= 0.3 is 11.4 Å². The van der Waals surface area contributed by atoms with Crippen molar-refractivity contribution in [2.45, 2.75) is 17.7 Å². The Kier molecular flexibility index (Phi) is 4.03. The molecule has 0 aromatic heterocycles. The second kappa shape index (κ2) is 4.07. The summed E-state index contributed by atoms with van der Waals surface area (Å²) in [7, 11) is 0. The molecule has 0 saturated carbocycles. The molecule has 0 aromatic carbocycles. The molecule has 0 aliphatic carbocycles. The van der Waals surface area contributed by atoms with Crippen molar-refractivity contribution in [3.8, 4) is 0 Å². The lowest BCUT2D eigenvalue weighted by Gasteiger charge is -2.12. The number of carbonyl (C=O) groups excluding carboxylic acids is 1. The van der Waals surface area contributed by atoms with E-state index in [4.69, 9.17) is 11.6 Å². The van der Waals surface area contributed by atoms with Crippen LogP contribution in [0.15, 0.2) is 0 Å².